The van der Waals surface area contributed by atoms with E-state index in [0.29, 0.717) is 0 Å². The molecule has 0 bridgehead atoms. The van der Waals surface area contributed by atoms with Gasteiger partial charge in [0, 0.05) is 7.11 Å². The van der Waals surface area contributed by atoms with E-state index in [4.69, 9.17) is 10.2 Å². The van der Waals surface area contributed by atoms with Crippen LogP contribution in [0.25, 0.3) is 0 Å². The average molecular weight is 190 g/mol. The second-order valence-electron chi connectivity index (χ2n) is 3.81. The molecule has 0 aromatic heterocycles. The van der Waals surface area contributed by atoms with E-state index < -0.39 is 8.32 Å². The van der Waals surface area contributed by atoms with Gasteiger partial charge < -0.3 is 15.5 Å². The summed E-state index contributed by atoms with van der Waals surface area (Å²) in [4.78, 5) is 0. The topological polar surface area (TPSA) is 47.3 Å². The number of hydrogen-bond acceptors (Lipinski definition) is 3. The lowest BCUT2D eigenvalue weighted by molar-refractivity contribution is 0.400. The SMILES string of the molecule is CO[Si](C)(C)CCCNC(C)N. The molecule has 0 radical (unpaired) electrons. The van der Waals surface area contributed by atoms with Gasteiger partial charge in [-0.3, -0.25) is 0 Å². The summed E-state index contributed by atoms with van der Waals surface area (Å²) in [6.45, 7) is 7.42. The summed E-state index contributed by atoms with van der Waals surface area (Å²) >= 11 is 0. The van der Waals surface area contributed by atoms with E-state index in [2.05, 4.69) is 18.4 Å². The molecule has 0 saturated carbocycles. The van der Waals surface area contributed by atoms with E-state index in [1.165, 1.54) is 6.04 Å². The van der Waals surface area contributed by atoms with Gasteiger partial charge in [-0.15, -0.1) is 0 Å². The van der Waals surface area contributed by atoms with Crippen molar-refractivity contribution in [3.05, 3.63) is 0 Å². The van der Waals surface area contributed by atoms with Crippen molar-refractivity contribution in [2.75, 3.05) is 13.7 Å². The fourth-order valence-electron chi connectivity index (χ4n) is 0.946. The van der Waals surface area contributed by atoms with Crippen LogP contribution in [-0.2, 0) is 4.43 Å². The number of nitrogens with two attached hydrogens (primary N) is 1. The van der Waals surface area contributed by atoms with Gasteiger partial charge in [0.15, 0.2) is 8.32 Å². The molecule has 0 rings (SSSR count). The van der Waals surface area contributed by atoms with Gasteiger partial charge in [-0.2, -0.15) is 0 Å². The molecule has 12 heavy (non-hydrogen) atoms. The van der Waals surface area contributed by atoms with Crippen LogP contribution < -0.4 is 11.1 Å². The van der Waals surface area contributed by atoms with Crippen LogP contribution in [0.3, 0.4) is 0 Å². The predicted molar refractivity (Wildman–Crippen MR) is 55.6 cm³/mol. The lowest BCUT2D eigenvalue weighted by Gasteiger charge is -2.19. The molecule has 0 aromatic carbocycles. The summed E-state index contributed by atoms with van der Waals surface area (Å²) in [6.07, 6.45) is 1.27. The highest BCUT2D eigenvalue weighted by Crippen LogP contribution is 2.11. The lowest BCUT2D eigenvalue weighted by Crippen LogP contribution is -2.36. The smallest absolute Gasteiger partial charge is 0.186 e. The van der Waals surface area contributed by atoms with Crippen LogP contribution in [0, 0.1) is 0 Å². The van der Waals surface area contributed by atoms with Crippen molar-refractivity contribution in [2.24, 2.45) is 5.73 Å². The summed E-state index contributed by atoms with van der Waals surface area (Å²) < 4.78 is 5.42. The van der Waals surface area contributed by atoms with Gasteiger partial charge in [-0.25, -0.2) is 0 Å². The predicted octanol–water partition coefficient (Wildman–Crippen LogP) is 1.12. The Kier molecular flexibility index (Phi) is 5.74. The summed E-state index contributed by atoms with van der Waals surface area (Å²) in [5, 5.41) is 3.19. The standard InChI is InChI=1S/C8H22N2OSi/c1-8(9)10-6-5-7-12(3,4)11-2/h8,10H,5-7,9H2,1-4H3. The molecule has 0 spiro atoms. The molecule has 3 nitrogen and oxygen atoms in total. The van der Waals surface area contributed by atoms with E-state index in [0.717, 1.165) is 13.0 Å². The van der Waals surface area contributed by atoms with Crippen molar-refractivity contribution in [1.29, 1.82) is 0 Å². The van der Waals surface area contributed by atoms with Crippen LogP contribution in [0.1, 0.15) is 13.3 Å². The Morgan fingerprint density at radius 1 is 1.50 bits per heavy atom. The Hall–Kier alpha value is 0.0969. The van der Waals surface area contributed by atoms with Gasteiger partial charge in [0.2, 0.25) is 0 Å². The molecule has 0 aliphatic rings. The van der Waals surface area contributed by atoms with E-state index >= 15 is 0 Å². The summed E-state index contributed by atoms with van der Waals surface area (Å²) in [5.74, 6) is 0. The Labute approximate surface area is 76.8 Å². The fourth-order valence-corrected chi connectivity index (χ4v) is 2.18. The first-order chi connectivity index (χ1) is 5.48. The van der Waals surface area contributed by atoms with Gasteiger partial charge >= 0.3 is 0 Å². The summed E-state index contributed by atoms with van der Waals surface area (Å²) in [5.41, 5.74) is 5.54. The van der Waals surface area contributed by atoms with Crippen molar-refractivity contribution in [3.8, 4) is 0 Å². The minimum atomic E-state index is -1.33. The number of hydrogen-bond donors (Lipinski definition) is 2. The normalized spacial score (nSPS) is 14.8. The first kappa shape index (κ1) is 12.1. The molecule has 4 heteroatoms. The zero-order valence-electron chi connectivity index (χ0n) is 8.68. The molecule has 1 atom stereocenters. The number of rotatable bonds is 6. The molecule has 0 saturated heterocycles. The third kappa shape index (κ3) is 6.79. The molecule has 0 fully saturated rings. The molecule has 0 amide bonds. The summed E-state index contributed by atoms with van der Waals surface area (Å²) in [6, 6.07) is 1.20. The van der Waals surface area contributed by atoms with Gasteiger partial charge in [0.25, 0.3) is 0 Å². The zero-order chi connectivity index (χ0) is 9.61. The van der Waals surface area contributed by atoms with Crippen LogP contribution in [0.15, 0.2) is 0 Å². The van der Waals surface area contributed by atoms with Gasteiger partial charge in [-0.05, 0) is 39.0 Å². The van der Waals surface area contributed by atoms with E-state index in [1.54, 1.807) is 0 Å². The van der Waals surface area contributed by atoms with Crippen LogP contribution in [0.5, 0.6) is 0 Å². The van der Waals surface area contributed by atoms with Crippen LogP contribution in [0.2, 0.25) is 19.1 Å². The molecule has 0 aliphatic heterocycles. The number of nitrogens with one attached hydrogen (secondary N) is 1. The van der Waals surface area contributed by atoms with Crippen molar-refractivity contribution in [2.45, 2.75) is 38.6 Å². The quantitative estimate of drug-likeness (QED) is 0.375. The minimum Gasteiger partial charge on any atom is -0.420 e. The molecule has 3 N–H and O–H groups in total. The molecular weight excluding hydrogens is 168 g/mol. The zero-order valence-corrected chi connectivity index (χ0v) is 9.68. The van der Waals surface area contributed by atoms with Gasteiger partial charge in [0.1, 0.15) is 0 Å². The summed E-state index contributed by atoms with van der Waals surface area (Å²) in [7, 11) is 0.481. The largest absolute Gasteiger partial charge is 0.420 e. The maximum absolute atomic E-state index is 5.54. The second kappa shape index (κ2) is 5.69. The molecule has 0 aliphatic carbocycles. The third-order valence-corrected chi connectivity index (χ3v) is 4.64. The van der Waals surface area contributed by atoms with E-state index in [9.17, 15) is 0 Å². The van der Waals surface area contributed by atoms with Crippen LogP contribution in [0.4, 0.5) is 0 Å². The minimum absolute atomic E-state index is 0.109. The van der Waals surface area contributed by atoms with Gasteiger partial charge in [0.05, 0.1) is 6.17 Å². The first-order valence-corrected chi connectivity index (χ1v) is 7.63. The Morgan fingerprint density at radius 3 is 2.50 bits per heavy atom. The highest BCUT2D eigenvalue weighted by atomic mass is 28.4. The third-order valence-electron chi connectivity index (χ3n) is 1.97. The van der Waals surface area contributed by atoms with Crippen molar-refractivity contribution in [3.63, 3.8) is 0 Å². The van der Waals surface area contributed by atoms with Gasteiger partial charge in [-0.1, -0.05) is 0 Å². The Balaban J connectivity index is 3.31. The van der Waals surface area contributed by atoms with E-state index in [-0.39, 0.29) is 6.17 Å². The van der Waals surface area contributed by atoms with E-state index in [1.807, 2.05) is 14.0 Å². The maximum atomic E-state index is 5.54. The highest BCUT2D eigenvalue weighted by molar-refractivity contribution is 6.71. The Bertz CT molecular complexity index is 118. The monoisotopic (exact) mass is 190 g/mol. The van der Waals surface area contributed by atoms with Crippen LogP contribution >= 0.6 is 0 Å². The molecule has 0 heterocycles. The fraction of sp³-hybridized carbons (Fsp3) is 1.00. The Morgan fingerprint density at radius 2 is 2.08 bits per heavy atom. The lowest BCUT2D eigenvalue weighted by atomic mass is 10.4. The first-order valence-electron chi connectivity index (χ1n) is 4.52. The van der Waals surface area contributed by atoms with Crippen molar-refractivity contribution < 1.29 is 4.43 Å². The van der Waals surface area contributed by atoms with Crippen molar-refractivity contribution in [1.82, 2.24) is 5.32 Å². The second-order valence-corrected chi connectivity index (χ2v) is 8.24. The highest BCUT2D eigenvalue weighted by Gasteiger charge is 2.19. The van der Waals surface area contributed by atoms with Crippen molar-refractivity contribution >= 4 is 8.32 Å². The molecule has 1 unspecified atom stereocenters. The molecular formula is C8H22N2OSi. The average Bonchev–Trinajstić information content (AvgIpc) is 1.98. The van der Waals surface area contributed by atoms with Crippen LogP contribution in [-0.4, -0.2) is 28.1 Å². The molecule has 0 aromatic rings. The molecule has 74 valence electrons. The maximum Gasteiger partial charge on any atom is 0.186 e.